The Balaban J connectivity index is 2.03. The molecule has 3 N–H and O–H groups in total. The summed E-state index contributed by atoms with van der Waals surface area (Å²) in [5, 5.41) is 9.50. The third-order valence-electron chi connectivity index (χ3n) is 3.19. The van der Waals surface area contributed by atoms with Crippen LogP contribution in [0.4, 0.5) is 11.4 Å². The number of nitrogens with two attached hydrogens (primary N) is 1. The van der Waals surface area contributed by atoms with Gasteiger partial charge in [0.2, 0.25) is 0 Å². The van der Waals surface area contributed by atoms with E-state index in [0.717, 1.165) is 42.0 Å². The molecule has 1 aromatic rings. The molecule has 1 aliphatic heterocycles. The van der Waals surface area contributed by atoms with Gasteiger partial charge in [0.15, 0.2) is 0 Å². The van der Waals surface area contributed by atoms with E-state index in [1.807, 2.05) is 19.0 Å². The number of nitrogens with zero attached hydrogens (tertiary/aromatic N) is 2. The number of nitrogen functional groups attached to an aromatic ring is 1. The van der Waals surface area contributed by atoms with Crippen molar-refractivity contribution in [2.75, 3.05) is 36.8 Å². The van der Waals surface area contributed by atoms with E-state index in [2.05, 4.69) is 31.7 Å². The lowest BCUT2D eigenvalue weighted by Gasteiger charge is -2.36. The monoisotopic (exact) mass is 297 g/mol. The van der Waals surface area contributed by atoms with Gasteiger partial charge >= 0.3 is 7.05 Å². The van der Waals surface area contributed by atoms with Crippen molar-refractivity contribution in [3.05, 3.63) is 22.7 Å². The number of piperazine rings is 1. The highest BCUT2D eigenvalue weighted by Crippen LogP contribution is 2.26. The molecule has 92 valence electrons. The molecule has 4 nitrogen and oxygen atoms in total. The Bertz CT molecular complexity index is 394. The van der Waals surface area contributed by atoms with E-state index in [-0.39, 0.29) is 7.05 Å². The van der Waals surface area contributed by atoms with Gasteiger partial charge in [-0.1, -0.05) is 0 Å². The number of rotatable bonds is 2. The van der Waals surface area contributed by atoms with Gasteiger partial charge in [-0.25, -0.2) is 0 Å². The van der Waals surface area contributed by atoms with Crippen LogP contribution in [0.2, 0.25) is 6.82 Å². The molecule has 1 saturated heterocycles. The second kappa shape index (κ2) is 5.29. The Morgan fingerprint density at radius 3 is 2.47 bits per heavy atom. The first kappa shape index (κ1) is 12.7. The Morgan fingerprint density at radius 2 is 1.94 bits per heavy atom. The number of hydrogen-bond acceptors (Lipinski definition) is 4. The number of halogens is 1. The van der Waals surface area contributed by atoms with E-state index in [1.165, 1.54) is 0 Å². The van der Waals surface area contributed by atoms with Crippen molar-refractivity contribution < 1.29 is 5.02 Å². The molecule has 1 fully saturated rings. The van der Waals surface area contributed by atoms with Crippen molar-refractivity contribution in [1.29, 1.82) is 0 Å². The maximum atomic E-state index is 9.50. The molecule has 0 aliphatic carbocycles. The van der Waals surface area contributed by atoms with Crippen molar-refractivity contribution in [3.8, 4) is 0 Å². The van der Waals surface area contributed by atoms with Gasteiger partial charge in [0.05, 0.1) is 0 Å². The highest BCUT2D eigenvalue weighted by atomic mass is 79.9. The molecule has 17 heavy (non-hydrogen) atoms. The van der Waals surface area contributed by atoms with Crippen LogP contribution in [0.1, 0.15) is 0 Å². The Hall–Kier alpha value is -0.715. The predicted octanol–water partition coefficient (Wildman–Crippen LogP) is 1.26. The van der Waals surface area contributed by atoms with E-state index >= 15 is 0 Å². The smallest absolute Gasteiger partial charge is 0.376 e. The first-order valence-electron chi connectivity index (χ1n) is 5.80. The molecule has 1 heterocycles. The fourth-order valence-corrected chi connectivity index (χ4v) is 2.33. The molecule has 0 radical (unpaired) electrons. The average Bonchev–Trinajstić information content (AvgIpc) is 2.33. The molecule has 0 bridgehead atoms. The van der Waals surface area contributed by atoms with Crippen LogP contribution >= 0.6 is 15.9 Å². The van der Waals surface area contributed by atoms with Crippen LogP contribution in [-0.2, 0) is 0 Å². The van der Waals surface area contributed by atoms with E-state index in [4.69, 9.17) is 5.73 Å². The molecular formula is C11H17BBrN3O. The summed E-state index contributed by atoms with van der Waals surface area (Å²) in [6.07, 6.45) is 0. The van der Waals surface area contributed by atoms with Crippen molar-refractivity contribution in [1.82, 2.24) is 4.81 Å². The molecule has 1 aliphatic rings. The molecular weight excluding hydrogens is 281 g/mol. The first-order chi connectivity index (χ1) is 8.08. The van der Waals surface area contributed by atoms with Crippen LogP contribution in [0.25, 0.3) is 0 Å². The van der Waals surface area contributed by atoms with Crippen LogP contribution in [0.3, 0.4) is 0 Å². The SMILES string of the molecule is CB(O)N1CCN(c2ccc(Br)c(N)c2)CC1. The minimum absolute atomic E-state index is 0.355. The third-order valence-corrected chi connectivity index (χ3v) is 3.91. The number of benzene rings is 1. The van der Waals surface area contributed by atoms with Crippen molar-refractivity contribution in [2.45, 2.75) is 6.82 Å². The maximum Gasteiger partial charge on any atom is 0.376 e. The zero-order chi connectivity index (χ0) is 12.4. The van der Waals surface area contributed by atoms with Gasteiger partial charge in [0.1, 0.15) is 0 Å². The van der Waals surface area contributed by atoms with Gasteiger partial charge < -0.3 is 20.5 Å². The molecule has 0 amide bonds. The summed E-state index contributed by atoms with van der Waals surface area (Å²) in [4.78, 5) is 4.36. The van der Waals surface area contributed by atoms with Crippen molar-refractivity contribution in [2.24, 2.45) is 0 Å². The van der Waals surface area contributed by atoms with Crippen molar-refractivity contribution in [3.63, 3.8) is 0 Å². The van der Waals surface area contributed by atoms with Crippen molar-refractivity contribution >= 4 is 34.4 Å². The molecule has 6 heteroatoms. The van der Waals surface area contributed by atoms with Crippen LogP contribution < -0.4 is 10.6 Å². The second-order valence-electron chi connectivity index (χ2n) is 4.36. The standard InChI is InChI=1S/C11H17BBrN3O/c1-12(17)16-6-4-15(5-7-16)9-2-3-10(13)11(14)8-9/h2-3,8,17H,4-7,14H2,1H3. The Morgan fingerprint density at radius 1 is 1.29 bits per heavy atom. The predicted molar refractivity (Wildman–Crippen MR) is 76.2 cm³/mol. The summed E-state index contributed by atoms with van der Waals surface area (Å²) < 4.78 is 0.934. The fraction of sp³-hybridized carbons (Fsp3) is 0.455. The lowest BCUT2D eigenvalue weighted by atomic mass is 9.84. The zero-order valence-electron chi connectivity index (χ0n) is 9.93. The van der Waals surface area contributed by atoms with E-state index in [0.29, 0.717) is 0 Å². The minimum Gasteiger partial charge on any atom is -0.437 e. The maximum absolute atomic E-state index is 9.50. The number of hydrogen-bond donors (Lipinski definition) is 2. The third kappa shape index (κ3) is 2.94. The second-order valence-corrected chi connectivity index (χ2v) is 5.22. The fourth-order valence-electron chi connectivity index (χ4n) is 2.08. The lowest BCUT2D eigenvalue weighted by Crippen LogP contribution is -2.51. The summed E-state index contributed by atoms with van der Waals surface area (Å²) in [5.74, 6) is 0. The quantitative estimate of drug-likeness (QED) is 0.637. The normalized spacial score (nSPS) is 17.2. The largest absolute Gasteiger partial charge is 0.437 e. The summed E-state index contributed by atoms with van der Waals surface area (Å²) in [5.41, 5.74) is 7.79. The Labute approximate surface area is 111 Å². The van der Waals surface area contributed by atoms with E-state index in [9.17, 15) is 5.02 Å². The van der Waals surface area contributed by atoms with Crippen LogP contribution in [-0.4, -0.2) is 43.1 Å². The molecule has 0 spiro atoms. The first-order valence-corrected chi connectivity index (χ1v) is 6.59. The van der Waals surface area contributed by atoms with Gasteiger partial charge in [0, 0.05) is 42.0 Å². The summed E-state index contributed by atoms with van der Waals surface area (Å²) in [6.45, 7) is 5.42. The molecule has 0 aromatic heterocycles. The highest BCUT2D eigenvalue weighted by molar-refractivity contribution is 9.10. The van der Waals surface area contributed by atoms with Gasteiger partial charge in [-0.3, -0.25) is 0 Å². The molecule has 0 unspecified atom stereocenters. The number of anilines is 2. The van der Waals surface area contributed by atoms with E-state index < -0.39 is 0 Å². The lowest BCUT2D eigenvalue weighted by molar-refractivity contribution is 0.344. The molecule has 2 rings (SSSR count). The van der Waals surface area contributed by atoms with Gasteiger partial charge in [-0.05, 0) is 41.0 Å². The summed E-state index contributed by atoms with van der Waals surface area (Å²) in [7, 11) is -0.355. The van der Waals surface area contributed by atoms with Gasteiger partial charge in [0.25, 0.3) is 0 Å². The topological polar surface area (TPSA) is 52.7 Å². The molecule has 0 atom stereocenters. The summed E-state index contributed by atoms with van der Waals surface area (Å²) in [6, 6.07) is 6.03. The van der Waals surface area contributed by atoms with Crippen LogP contribution in [0.15, 0.2) is 22.7 Å². The van der Waals surface area contributed by atoms with Crippen LogP contribution in [0, 0.1) is 0 Å². The highest BCUT2D eigenvalue weighted by Gasteiger charge is 2.22. The average molecular weight is 298 g/mol. The Kier molecular flexibility index (Phi) is 3.96. The molecule has 0 saturated carbocycles. The summed E-state index contributed by atoms with van der Waals surface area (Å²) >= 11 is 3.40. The van der Waals surface area contributed by atoms with Gasteiger partial charge in [-0.2, -0.15) is 0 Å². The zero-order valence-corrected chi connectivity index (χ0v) is 11.5. The minimum atomic E-state index is -0.355. The van der Waals surface area contributed by atoms with Gasteiger partial charge in [-0.15, -0.1) is 0 Å². The molecule has 1 aromatic carbocycles. The van der Waals surface area contributed by atoms with Crippen LogP contribution in [0.5, 0.6) is 0 Å². The van der Waals surface area contributed by atoms with E-state index in [1.54, 1.807) is 0 Å².